The molecule has 1 heterocycles. The van der Waals surface area contributed by atoms with Crippen LogP contribution in [0.3, 0.4) is 0 Å². The van der Waals surface area contributed by atoms with Gasteiger partial charge in [0.2, 0.25) is 10.0 Å². The number of sulfonamides is 1. The fourth-order valence-corrected chi connectivity index (χ4v) is 3.90. The highest BCUT2D eigenvalue weighted by molar-refractivity contribution is 7.89. The summed E-state index contributed by atoms with van der Waals surface area (Å²) in [7, 11) is -3.62. The maximum atomic E-state index is 12.3. The molecular weight excluding hydrogens is 256 g/mol. The van der Waals surface area contributed by atoms with E-state index in [4.69, 9.17) is 0 Å². The Kier molecular flexibility index (Phi) is 3.36. The molecule has 98 valence electrons. The van der Waals surface area contributed by atoms with Crippen LogP contribution in [-0.2, 0) is 10.0 Å². The summed E-state index contributed by atoms with van der Waals surface area (Å²) < 4.78 is 26.1. The van der Waals surface area contributed by atoms with Crippen molar-refractivity contribution in [2.45, 2.75) is 30.7 Å². The number of nitro benzene ring substituents is 1. The molecule has 0 aromatic heterocycles. The molecule has 0 amide bonds. The topological polar surface area (TPSA) is 80.5 Å². The third-order valence-electron chi connectivity index (χ3n) is 3.13. The van der Waals surface area contributed by atoms with Crippen molar-refractivity contribution in [1.29, 1.82) is 0 Å². The van der Waals surface area contributed by atoms with E-state index in [-0.39, 0.29) is 16.6 Å². The maximum absolute atomic E-state index is 12.3. The zero-order valence-electron chi connectivity index (χ0n) is 9.94. The first-order chi connectivity index (χ1) is 8.43. The van der Waals surface area contributed by atoms with Gasteiger partial charge in [0, 0.05) is 24.7 Å². The number of nitro groups is 1. The average Bonchev–Trinajstić information content (AvgIpc) is 2.76. The number of benzene rings is 1. The Balaban J connectivity index is 2.41. The van der Waals surface area contributed by atoms with Crippen molar-refractivity contribution in [2.75, 3.05) is 6.54 Å². The van der Waals surface area contributed by atoms with Gasteiger partial charge in [0.05, 0.1) is 9.82 Å². The molecule has 2 rings (SSSR count). The van der Waals surface area contributed by atoms with Gasteiger partial charge in [-0.2, -0.15) is 4.31 Å². The number of hydrogen-bond donors (Lipinski definition) is 0. The van der Waals surface area contributed by atoms with Gasteiger partial charge in [-0.05, 0) is 25.8 Å². The third-order valence-corrected chi connectivity index (χ3v) is 5.14. The van der Waals surface area contributed by atoms with Crippen molar-refractivity contribution in [1.82, 2.24) is 4.31 Å². The van der Waals surface area contributed by atoms with Crippen molar-refractivity contribution in [3.8, 4) is 0 Å². The third kappa shape index (κ3) is 2.23. The van der Waals surface area contributed by atoms with E-state index in [2.05, 4.69) is 0 Å². The second-order valence-corrected chi connectivity index (χ2v) is 6.25. The summed E-state index contributed by atoms with van der Waals surface area (Å²) in [6.45, 7) is 2.33. The highest BCUT2D eigenvalue weighted by Gasteiger charge is 2.33. The van der Waals surface area contributed by atoms with Gasteiger partial charge >= 0.3 is 0 Å². The molecule has 1 saturated heterocycles. The van der Waals surface area contributed by atoms with Crippen LogP contribution in [0.25, 0.3) is 0 Å². The zero-order valence-corrected chi connectivity index (χ0v) is 10.8. The molecule has 1 unspecified atom stereocenters. The standard InChI is InChI=1S/C11H14N2O4S/c1-9-4-3-7-12(9)18(16,17)11-6-2-5-10(8-11)13(14)15/h2,5-6,8-9H,3-4,7H2,1H3. The zero-order chi connectivity index (χ0) is 13.3. The fraction of sp³-hybridized carbons (Fsp3) is 0.455. The first-order valence-corrected chi connectivity index (χ1v) is 7.13. The van der Waals surface area contributed by atoms with E-state index in [1.54, 1.807) is 0 Å². The molecule has 1 aromatic rings. The monoisotopic (exact) mass is 270 g/mol. The molecule has 0 bridgehead atoms. The van der Waals surface area contributed by atoms with E-state index in [0.717, 1.165) is 18.9 Å². The minimum Gasteiger partial charge on any atom is -0.258 e. The molecule has 18 heavy (non-hydrogen) atoms. The van der Waals surface area contributed by atoms with Crippen LogP contribution < -0.4 is 0 Å². The Labute approximate surface area is 105 Å². The Morgan fingerprint density at radius 3 is 2.72 bits per heavy atom. The fourth-order valence-electron chi connectivity index (χ4n) is 2.16. The molecular formula is C11H14N2O4S. The van der Waals surface area contributed by atoms with Crippen molar-refractivity contribution in [2.24, 2.45) is 0 Å². The molecule has 1 aliphatic heterocycles. The van der Waals surface area contributed by atoms with Crippen molar-refractivity contribution < 1.29 is 13.3 Å². The first-order valence-electron chi connectivity index (χ1n) is 5.69. The second kappa shape index (κ2) is 4.66. The quantitative estimate of drug-likeness (QED) is 0.619. The van der Waals surface area contributed by atoms with Crippen LogP contribution in [0.15, 0.2) is 29.2 Å². The van der Waals surface area contributed by atoms with Gasteiger partial charge in [-0.15, -0.1) is 0 Å². The lowest BCUT2D eigenvalue weighted by molar-refractivity contribution is -0.385. The minimum atomic E-state index is -3.62. The summed E-state index contributed by atoms with van der Waals surface area (Å²) in [6, 6.07) is 5.14. The molecule has 0 radical (unpaired) electrons. The molecule has 1 fully saturated rings. The summed E-state index contributed by atoms with van der Waals surface area (Å²) in [4.78, 5) is 10.1. The molecule has 1 atom stereocenters. The Bertz CT molecular complexity index is 570. The molecule has 7 heteroatoms. The summed E-state index contributed by atoms with van der Waals surface area (Å²) >= 11 is 0. The number of nitrogens with zero attached hydrogens (tertiary/aromatic N) is 2. The Morgan fingerprint density at radius 1 is 1.44 bits per heavy atom. The van der Waals surface area contributed by atoms with Gasteiger partial charge in [-0.3, -0.25) is 10.1 Å². The van der Waals surface area contributed by atoms with Crippen molar-refractivity contribution in [3.05, 3.63) is 34.4 Å². The summed E-state index contributed by atoms with van der Waals surface area (Å²) in [6.07, 6.45) is 1.66. The Morgan fingerprint density at radius 2 is 2.17 bits per heavy atom. The van der Waals surface area contributed by atoms with Crippen LogP contribution in [0.5, 0.6) is 0 Å². The van der Waals surface area contributed by atoms with Crippen LogP contribution in [0.1, 0.15) is 19.8 Å². The normalized spacial score (nSPS) is 21.1. The van der Waals surface area contributed by atoms with Gasteiger partial charge in [0.25, 0.3) is 5.69 Å². The Hall–Kier alpha value is -1.47. The van der Waals surface area contributed by atoms with Gasteiger partial charge in [-0.25, -0.2) is 8.42 Å². The molecule has 6 nitrogen and oxygen atoms in total. The van der Waals surface area contributed by atoms with Gasteiger partial charge in [0.15, 0.2) is 0 Å². The van der Waals surface area contributed by atoms with Gasteiger partial charge < -0.3 is 0 Å². The maximum Gasteiger partial charge on any atom is 0.270 e. The summed E-state index contributed by atoms with van der Waals surface area (Å²) in [5.74, 6) is 0. The number of hydrogen-bond acceptors (Lipinski definition) is 4. The van der Waals surface area contributed by atoms with E-state index in [1.807, 2.05) is 6.92 Å². The average molecular weight is 270 g/mol. The SMILES string of the molecule is CC1CCCN1S(=O)(=O)c1cccc([N+](=O)[O-])c1. The van der Waals surface area contributed by atoms with Crippen LogP contribution >= 0.6 is 0 Å². The smallest absolute Gasteiger partial charge is 0.258 e. The molecule has 1 aromatic carbocycles. The van der Waals surface area contributed by atoms with Gasteiger partial charge in [0.1, 0.15) is 0 Å². The van der Waals surface area contributed by atoms with Crippen molar-refractivity contribution >= 4 is 15.7 Å². The van der Waals surface area contributed by atoms with E-state index in [1.165, 1.54) is 22.5 Å². The highest BCUT2D eigenvalue weighted by atomic mass is 32.2. The number of non-ortho nitro benzene ring substituents is 1. The molecule has 1 aliphatic rings. The van der Waals surface area contributed by atoms with E-state index in [0.29, 0.717) is 6.54 Å². The lowest BCUT2D eigenvalue weighted by Crippen LogP contribution is -2.33. The second-order valence-electron chi connectivity index (χ2n) is 4.36. The van der Waals surface area contributed by atoms with E-state index in [9.17, 15) is 18.5 Å². The minimum absolute atomic E-state index is 0.00884. The molecule has 0 aliphatic carbocycles. The van der Waals surface area contributed by atoms with Crippen molar-refractivity contribution in [3.63, 3.8) is 0 Å². The predicted molar refractivity (Wildman–Crippen MR) is 65.7 cm³/mol. The summed E-state index contributed by atoms with van der Waals surface area (Å²) in [5, 5.41) is 10.7. The van der Waals surface area contributed by atoms with E-state index < -0.39 is 14.9 Å². The summed E-state index contributed by atoms with van der Waals surface area (Å²) in [5.41, 5.74) is -0.206. The van der Waals surface area contributed by atoms with Crippen LogP contribution in [0.4, 0.5) is 5.69 Å². The molecule has 0 N–H and O–H groups in total. The first kappa shape index (κ1) is 13.0. The van der Waals surface area contributed by atoms with Crippen LogP contribution in [-0.4, -0.2) is 30.2 Å². The van der Waals surface area contributed by atoms with E-state index >= 15 is 0 Å². The molecule has 0 saturated carbocycles. The van der Waals surface area contributed by atoms with Crippen LogP contribution in [0.2, 0.25) is 0 Å². The lowest BCUT2D eigenvalue weighted by atomic mass is 10.3. The van der Waals surface area contributed by atoms with Crippen LogP contribution in [0, 0.1) is 10.1 Å². The number of rotatable bonds is 3. The largest absolute Gasteiger partial charge is 0.270 e. The molecule has 0 spiro atoms. The lowest BCUT2D eigenvalue weighted by Gasteiger charge is -2.20. The highest BCUT2D eigenvalue weighted by Crippen LogP contribution is 2.27. The van der Waals surface area contributed by atoms with Gasteiger partial charge in [-0.1, -0.05) is 6.07 Å². The predicted octanol–water partition coefficient (Wildman–Crippen LogP) is 1.77.